The maximum Gasteiger partial charge on any atom is 0.271 e. The standard InChI is InChI=1S/C32H27BrN2O4S/c1-4-15-39-27-13-9-19(16-25(27)33)17-28-31(36)35-30(24-18-21(37-2)11-14-26(24)38-3)23-12-10-20-7-5-6-8-22(20)29(23)34-32(35)40-28/h4-9,11,13-14,16-18,30H,1,10,12,15H2,2-3H3. The van der Waals surface area contributed by atoms with E-state index in [1.807, 2.05) is 53.1 Å². The molecule has 0 spiro atoms. The summed E-state index contributed by atoms with van der Waals surface area (Å²) in [6, 6.07) is 19.5. The van der Waals surface area contributed by atoms with Gasteiger partial charge in [-0.3, -0.25) is 9.36 Å². The van der Waals surface area contributed by atoms with Crippen LogP contribution in [0.5, 0.6) is 17.2 Å². The minimum absolute atomic E-state index is 0.0906. The Kier molecular flexibility index (Phi) is 7.21. The van der Waals surface area contributed by atoms with Gasteiger partial charge in [0, 0.05) is 11.1 Å². The minimum Gasteiger partial charge on any atom is -0.497 e. The van der Waals surface area contributed by atoms with Crippen LogP contribution in [-0.4, -0.2) is 25.4 Å². The van der Waals surface area contributed by atoms with Crippen LogP contribution in [0.3, 0.4) is 0 Å². The zero-order valence-electron chi connectivity index (χ0n) is 22.1. The van der Waals surface area contributed by atoms with E-state index in [2.05, 4.69) is 40.7 Å². The van der Waals surface area contributed by atoms with Gasteiger partial charge in [-0.1, -0.05) is 54.3 Å². The molecule has 6 rings (SSSR count). The van der Waals surface area contributed by atoms with Crippen molar-refractivity contribution < 1.29 is 14.2 Å². The van der Waals surface area contributed by atoms with Gasteiger partial charge in [-0.2, -0.15) is 0 Å². The van der Waals surface area contributed by atoms with Gasteiger partial charge in [-0.05, 0) is 81.9 Å². The van der Waals surface area contributed by atoms with Crippen molar-refractivity contribution in [3.05, 3.63) is 125 Å². The number of methoxy groups -OCH3 is 2. The van der Waals surface area contributed by atoms with Crippen molar-refractivity contribution in [3.8, 4) is 17.2 Å². The van der Waals surface area contributed by atoms with Crippen molar-refractivity contribution in [1.82, 2.24) is 4.57 Å². The second-order valence-electron chi connectivity index (χ2n) is 9.51. The number of aryl methyl sites for hydroxylation is 1. The fourth-order valence-electron chi connectivity index (χ4n) is 5.38. The van der Waals surface area contributed by atoms with E-state index in [9.17, 15) is 4.79 Å². The molecule has 1 aliphatic heterocycles. The van der Waals surface area contributed by atoms with Gasteiger partial charge in [0.15, 0.2) is 4.80 Å². The van der Waals surface area contributed by atoms with Crippen LogP contribution in [-0.2, 0) is 6.42 Å². The van der Waals surface area contributed by atoms with Crippen LogP contribution in [0.1, 0.15) is 34.7 Å². The van der Waals surface area contributed by atoms with Gasteiger partial charge in [-0.25, -0.2) is 4.99 Å². The Morgan fingerprint density at radius 2 is 1.90 bits per heavy atom. The van der Waals surface area contributed by atoms with Gasteiger partial charge >= 0.3 is 0 Å². The second-order valence-corrected chi connectivity index (χ2v) is 11.4. The Morgan fingerprint density at radius 1 is 1.07 bits per heavy atom. The molecule has 3 aromatic carbocycles. The van der Waals surface area contributed by atoms with Crippen molar-refractivity contribution in [2.24, 2.45) is 4.99 Å². The van der Waals surface area contributed by atoms with E-state index in [0.717, 1.165) is 51.0 Å². The number of aromatic nitrogens is 1. The first kappa shape index (κ1) is 26.3. The summed E-state index contributed by atoms with van der Waals surface area (Å²) < 4.78 is 20.3. The summed E-state index contributed by atoms with van der Waals surface area (Å²) in [5.41, 5.74) is 6.10. The number of rotatable bonds is 7. The van der Waals surface area contributed by atoms with Crippen molar-refractivity contribution >= 4 is 39.0 Å². The third-order valence-corrected chi connectivity index (χ3v) is 8.82. The molecule has 6 nitrogen and oxygen atoms in total. The highest BCUT2D eigenvalue weighted by molar-refractivity contribution is 9.10. The molecule has 202 valence electrons. The van der Waals surface area contributed by atoms with Gasteiger partial charge in [0.25, 0.3) is 5.56 Å². The summed E-state index contributed by atoms with van der Waals surface area (Å²) in [5, 5.41) is 0. The van der Waals surface area contributed by atoms with Gasteiger partial charge in [-0.15, -0.1) is 0 Å². The van der Waals surface area contributed by atoms with Gasteiger partial charge in [0.1, 0.15) is 23.9 Å². The molecule has 0 N–H and O–H groups in total. The lowest BCUT2D eigenvalue weighted by atomic mass is 9.83. The van der Waals surface area contributed by atoms with Gasteiger partial charge < -0.3 is 14.2 Å². The highest BCUT2D eigenvalue weighted by atomic mass is 79.9. The molecule has 0 radical (unpaired) electrons. The fraction of sp³-hybridized carbons (Fsp3) is 0.188. The molecule has 1 unspecified atom stereocenters. The molecule has 40 heavy (non-hydrogen) atoms. The maximum atomic E-state index is 14.1. The summed E-state index contributed by atoms with van der Waals surface area (Å²) in [7, 11) is 3.30. The number of fused-ring (bicyclic) bond motifs is 3. The summed E-state index contributed by atoms with van der Waals surface area (Å²) in [6.07, 6.45) is 5.28. The number of nitrogens with zero attached hydrogens (tertiary/aromatic N) is 2. The quantitative estimate of drug-likeness (QED) is 0.252. The summed E-state index contributed by atoms with van der Waals surface area (Å²) >= 11 is 4.98. The Bertz CT molecular complexity index is 1850. The predicted octanol–water partition coefficient (Wildman–Crippen LogP) is 5.66. The number of ether oxygens (including phenoxy) is 3. The average Bonchev–Trinajstić information content (AvgIpc) is 3.29. The third-order valence-electron chi connectivity index (χ3n) is 7.21. The zero-order chi connectivity index (χ0) is 27.8. The fourth-order valence-corrected chi connectivity index (χ4v) is 6.89. The summed E-state index contributed by atoms with van der Waals surface area (Å²) in [5.74, 6) is 2.12. The molecule has 0 amide bonds. The summed E-state index contributed by atoms with van der Waals surface area (Å²) in [6.45, 7) is 4.11. The lowest BCUT2D eigenvalue weighted by Gasteiger charge is -2.31. The van der Waals surface area contributed by atoms with E-state index in [-0.39, 0.29) is 11.6 Å². The van der Waals surface area contributed by atoms with E-state index in [1.54, 1.807) is 20.3 Å². The molecule has 0 fully saturated rings. The van der Waals surface area contributed by atoms with Crippen molar-refractivity contribution in [2.45, 2.75) is 18.9 Å². The highest BCUT2D eigenvalue weighted by Crippen LogP contribution is 2.44. The number of hydrogen-bond donors (Lipinski definition) is 0. The maximum absolute atomic E-state index is 14.1. The Labute approximate surface area is 244 Å². The number of hydrogen-bond acceptors (Lipinski definition) is 6. The molecule has 0 saturated heterocycles. The average molecular weight is 616 g/mol. The zero-order valence-corrected chi connectivity index (χ0v) is 24.6. The lowest BCUT2D eigenvalue weighted by molar-refractivity contribution is 0.361. The molecule has 0 bridgehead atoms. The molecule has 2 heterocycles. The van der Waals surface area contributed by atoms with E-state index in [0.29, 0.717) is 27.4 Å². The second kappa shape index (κ2) is 10.9. The smallest absolute Gasteiger partial charge is 0.271 e. The molecule has 2 aliphatic rings. The SMILES string of the molecule is C=CCOc1ccc(C=c2sc3n(c2=O)C(c2cc(OC)ccc2OC)C2=C(N=3)c3ccccc3CC2)cc1Br. The van der Waals surface area contributed by atoms with Gasteiger partial charge in [0.05, 0.1) is 35.0 Å². The Morgan fingerprint density at radius 3 is 2.67 bits per heavy atom. The van der Waals surface area contributed by atoms with Crippen LogP contribution in [0.2, 0.25) is 0 Å². The van der Waals surface area contributed by atoms with E-state index in [4.69, 9.17) is 19.2 Å². The number of benzene rings is 3. The monoisotopic (exact) mass is 614 g/mol. The largest absolute Gasteiger partial charge is 0.497 e. The molecule has 1 aromatic heterocycles. The number of halogens is 1. The van der Waals surface area contributed by atoms with Gasteiger partial charge in [0.2, 0.25) is 0 Å². The van der Waals surface area contributed by atoms with E-state index >= 15 is 0 Å². The van der Waals surface area contributed by atoms with Crippen LogP contribution in [0, 0.1) is 0 Å². The molecule has 0 saturated carbocycles. The van der Waals surface area contributed by atoms with Crippen LogP contribution in [0.25, 0.3) is 11.8 Å². The van der Waals surface area contributed by atoms with Crippen molar-refractivity contribution in [1.29, 1.82) is 0 Å². The third kappa shape index (κ3) is 4.61. The van der Waals surface area contributed by atoms with E-state index in [1.165, 1.54) is 16.9 Å². The summed E-state index contributed by atoms with van der Waals surface area (Å²) in [4.78, 5) is 19.9. The van der Waals surface area contributed by atoms with Crippen molar-refractivity contribution in [2.75, 3.05) is 20.8 Å². The first-order chi connectivity index (χ1) is 19.5. The molecule has 8 heteroatoms. The first-order valence-corrected chi connectivity index (χ1v) is 14.5. The number of thiazole rings is 1. The van der Waals surface area contributed by atoms with E-state index < -0.39 is 0 Å². The van der Waals surface area contributed by atoms with Crippen LogP contribution in [0.15, 0.2) is 93.2 Å². The predicted molar refractivity (Wildman–Crippen MR) is 162 cm³/mol. The highest BCUT2D eigenvalue weighted by Gasteiger charge is 2.34. The molecule has 4 aromatic rings. The normalized spacial score (nSPS) is 16.0. The van der Waals surface area contributed by atoms with Crippen LogP contribution in [0.4, 0.5) is 0 Å². The molecule has 1 atom stereocenters. The van der Waals surface area contributed by atoms with Crippen molar-refractivity contribution in [3.63, 3.8) is 0 Å². The Hall–Kier alpha value is -3.88. The molecule has 1 aliphatic carbocycles. The lowest BCUT2D eigenvalue weighted by Crippen LogP contribution is -2.39. The molecular weight excluding hydrogens is 588 g/mol. The topological polar surface area (TPSA) is 62.0 Å². The first-order valence-electron chi connectivity index (χ1n) is 12.9. The minimum atomic E-state index is -0.367. The number of allylic oxidation sites excluding steroid dienone is 1. The van der Waals surface area contributed by atoms with Crippen LogP contribution < -0.4 is 29.1 Å². The molecular formula is C32H27BrN2O4S. The Balaban J connectivity index is 1.57. The van der Waals surface area contributed by atoms with Crippen LogP contribution >= 0.6 is 27.3 Å².